The van der Waals surface area contributed by atoms with Gasteiger partial charge in [-0.2, -0.15) is 5.10 Å². The van der Waals surface area contributed by atoms with Crippen molar-refractivity contribution in [2.75, 3.05) is 14.1 Å². The van der Waals surface area contributed by atoms with Crippen LogP contribution >= 0.6 is 0 Å². The van der Waals surface area contributed by atoms with Gasteiger partial charge in [-0.05, 0) is 36.4 Å². The average molecular weight is 413 g/mol. The lowest BCUT2D eigenvalue weighted by molar-refractivity contribution is 0.0843. The summed E-state index contributed by atoms with van der Waals surface area (Å²) in [5.41, 5.74) is 5.51. The van der Waals surface area contributed by atoms with Crippen molar-refractivity contribution in [2.45, 2.75) is 4.90 Å². The summed E-state index contributed by atoms with van der Waals surface area (Å²) in [6.07, 6.45) is 1.63. The molecule has 0 fully saturated rings. The lowest BCUT2D eigenvalue weighted by Crippen LogP contribution is -2.41. The van der Waals surface area contributed by atoms with E-state index < -0.39 is 21.8 Å². The Hall–Kier alpha value is -3.50. The SMILES string of the molecule is CN(C)S(=O)(=O)c1cccc(C(=O)NNC(=O)c2ccn(-c3ccccc3)n2)c1. The summed E-state index contributed by atoms with van der Waals surface area (Å²) in [4.78, 5) is 24.5. The highest BCUT2D eigenvalue weighted by Gasteiger charge is 2.19. The van der Waals surface area contributed by atoms with E-state index in [1.54, 1.807) is 6.20 Å². The zero-order valence-corrected chi connectivity index (χ0v) is 16.6. The summed E-state index contributed by atoms with van der Waals surface area (Å²) >= 11 is 0. The van der Waals surface area contributed by atoms with Crippen LogP contribution in [0.4, 0.5) is 0 Å². The van der Waals surface area contributed by atoms with Gasteiger partial charge in [-0.1, -0.05) is 24.3 Å². The number of hydrogen-bond acceptors (Lipinski definition) is 5. The van der Waals surface area contributed by atoms with Crippen LogP contribution in [0.15, 0.2) is 71.8 Å². The predicted molar refractivity (Wildman–Crippen MR) is 106 cm³/mol. The van der Waals surface area contributed by atoms with E-state index in [4.69, 9.17) is 0 Å². The van der Waals surface area contributed by atoms with Crippen LogP contribution in [0.1, 0.15) is 20.8 Å². The minimum absolute atomic E-state index is 0.0249. The maximum atomic E-state index is 12.3. The average Bonchev–Trinajstić information content (AvgIpc) is 3.23. The molecule has 29 heavy (non-hydrogen) atoms. The first-order valence-corrected chi connectivity index (χ1v) is 9.97. The summed E-state index contributed by atoms with van der Waals surface area (Å²) < 4.78 is 27.0. The third-order valence-electron chi connectivity index (χ3n) is 4.01. The molecular weight excluding hydrogens is 394 g/mol. The molecule has 0 radical (unpaired) electrons. The molecule has 9 nitrogen and oxygen atoms in total. The molecule has 10 heteroatoms. The van der Waals surface area contributed by atoms with Crippen molar-refractivity contribution in [3.8, 4) is 5.69 Å². The van der Waals surface area contributed by atoms with Crippen molar-refractivity contribution in [1.82, 2.24) is 24.9 Å². The Morgan fingerprint density at radius 3 is 2.31 bits per heavy atom. The summed E-state index contributed by atoms with van der Waals surface area (Å²) in [5.74, 6) is -1.26. The number of amides is 2. The van der Waals surface area contributed by atoms with Gasteiger partial charge < -0.3 is 0 Å². The van der Waals surface area contributed by atoms with Crippen LogP contribution in [-0.4, -0.2) is 48.4 Å². The number of carbonyl (C=O) groups is 2. The van der Waals surface area contributed by atoms with Crippen LogP contribution in [0.3, 0.4) is 0 Å². The maximum absolute atomic E-state index is 12.3. The Morgan fingerprint density at radius 2 is 1.62 bits per heavy atom. The van der Waals surface area contributed by atoms with Gasteiger partial charge in [0.2, 0.25) is 10.0 Å². The molecule has 1 aromatic heterocycles. The van der Waals surface area contributed by atoms with Crippen LogP contribution < -0.4 is 10.9 Å². The van der Waals surface area contributed by atoms with Gasteiger partial charge in [0.15, 0.2) is 5.69 Å². The number of nitrogens with zero attached hydrogens (tertiary/aromatic N) is 3. The van der Waals surface area contributed by atoms with E-state index in [0.29, 0.717) is 0 Å². The smallest absolute Gasteiger partial charge is 0.267 e. The second kappa shape index (κ2) is 8.25. The minimum atomic E-state index is -3.68. The summed E-state index contributed by atoms with van der Waals surface area (Å²) in [6.45, 7) is 0. The highest BCUT2D eigenvalue weighted by Crippen LogP contribution is 2.14. The lowest BCUT2D eigenvalue weighted by atomic mass is 10.2. The Balaban J connectivity index is 1.67. The second-order valence-electron chi connectivity index (χ2n) is 6.20. The number of sulfonamides is 1. The lowest BCUT2D eigenvalue weighted by Gasteiger charge is -2.12. The van der Waals surface area contributed by atoms with E-state index in [1.807, 2.05) is 30.3 Å². The zero-order chi connectivity index (χ0) is 21.0. The molecule has 0 saturated heterocycles. The van der Waals surface area contributed by atoms with Crippen molar-refractivity contribution < 1.29 is 18.0 Å². The maximum Gasteiger partial charge on any atom is 0.290 e. The van der Waals surface area contributed by atoms with Gasteiger partial charge in [-0.25, -0.2) is 17.4 Å². The molecular formula is C19H19N5O4S. The van der Waals surface area contributed by atoms with Gasteiger partial charge in [-0.3, -0.25) is 20.4 Å². The van der Waals surface area contributed by atoms with Crippen molar-refractivity contribution in [2.24, 2.45) is 0 Å². The van der Waals surface area contributed by atoms with Gasteiger partial charge in [0.25, 0.3) is 11.8 Å². The Bertz CT molecular complexity index is 1140. The highest BCUT2D eigenvalue weighted by molar-refractivity contribution is 7.89. The molecule has 0 aliphatic carbocycles. The Labute approximate surface area is 168 Å². The van der Waals surface area contributed by atoms with Crippen LogP contribution in [0.25, 0.3) is 5.69 Å². The molecule has 0 aliphatic rings. The van der Waals surface area contributed by atoms with Crippen LogP contribution in [0.2, 0.25) is 0 Å². The number of carbonyl (C=O) groups excluding carboxylic acids is 2. The van der Waals surface area contributed by atoms with Crippen LogP contribution in [0.5, 0.6) is 0 Å². The molecule has 0 saturated carbocycles. The van der Waals surface area contributed by atoms with E-state index in [1.165, 1.54) is 49.1 Å². The summed E-state index contributed by atoms with van der Waals surface area (Å²) in [6, 6.07) is 16.3. The molecule has 150 valence electrons. The minimum Gasteiger partial charge on any atom is -0.267 e. The van der Waals surface area contributed by atoms with Crippen molar-refractivity contribution in [3.05, 3.63) is 78.1 Å². The van der Waals surface area contributed by atoms with Gasteiger partial charge in [0, 0.05) is 25.9 Å². The molecule has 1 heterocycles. The number of benzene rings is 2. The fourth-order valence-electron chi connectivity index (χ4n) is 2.43. The molecule has 0 aliphatic heterocycles. The number of para-hydroxylation sites is 1. The Morgan fingerprint density at radius 1 is 0.931 bits per heavy atom. The van der Waals surface area contributed by atoms with E-state index in [0.717, 1.165) is 9.99 Å². The number of rotatable bonds is 5. The molecule has 0 spiro atoms. The predicted octanol–water partition coefficient (Wildman–Crippen LogP) is 1.20. The van der Waals surface area contributed by atoms with E-state index in [9.17, 15) is 18.0 Å². The second-order valence-corrected chi connectivity index (χ2v) is 8.36. The van der Waals surface area contributed by atoms with Crippen LogP contribution in [-0.2, 0) is 10.0 Å². The number of hydrogen-bond donors (Lipinski definition) is 2. The summed E-state index contributed by atoms with van der Waals surface area (Å²) in [5, 5.41) is 4.17. The van der Waals surface area contributed by atoms with Gasteiger partial charge in [-0.15, -0.1) is 0 Å². The molecule has 2 N–H and O–H groups in total. The van der Waals surface area contributed by atoms with E-state index >= 15 is 0 Å². The van der Waals surface area contributed by atoms with Crippen molar-refractivity contribution in [3.63, 3.8) is 0 Å². The first-order valence-electron chi connectivity index (χ1n) is 8.53. The molecule has 0 bridgehead atoms. The van der Waals surface area contributed by atoms with Crippen molar-refractivity contribution in [1.29, 1.82) is 0 Å². The van der Waals surface area contributed by atoms with Gasteiger partial charge >= 0.3 is 0 Å². The fraction of sp³-hybridized carbons (Fsp3) is 0.105. The standard InChI is InChI=1S/C19H19N5O4S/c1-23(2)29(27,28)16-10-6-7-14(13-16)18(25)20-21-19(26)17-11-12-24(22-17)15-8-4-3-5-9-15/h3-13H,1-2H3,(H,20,25)(H,21,26). The molecule has 2 aromatic carbocycles. The van der Waals surface area contributed by atoms with Crippen LogP contribution in [0, 0.1) is 0 Å². The summed E-state index contributed by atoms with van der Waals surface area (Å²) in [7, 11) is -0.878. The van der Waals surface area contributed by atoms with E-state index in [-0.39, 0.29) is 16.2 Å². The largest absolute Gasteiger partial charge is 0.290 e. The molecule has 0 unspecified atom stereocenters. The quantitative estimate of drug-likeness (QED) is 0.610. The number of aromatic nitrogens is 2. The zero-order valence-electron chi connectivity index (χ0n) is 15.7. The highest BCUT2D eigenvalue weighted by atomic mass is 32.2. The van der Waals surface area contributed by atoms with Gasteiger partial charge in [0.05, 0.1) is 10.6 Å². The molecule has 3 aromatic rings. The van der Waals surface area contributed by atoms with E-state index in [2.05, 4.69) is 16.0 Å². The number of hydrazine groups is 1. The monoisotopic (exact) mass is 413 g/mol. The molecule has 0 atom stereocenters. The normalized spacial score (nSPS) is 11.3. The van der Waals surface area contributed by atoms with Crippen molar-refractivity contribution >= 4 is 21.8 Å². The third kappa shape index (κ3) is 4.50. The number of nitrogens with one attached hydrogen (secondary N) is 2. The molecule has 3 rings (SSSR count). The van der Waals surface area contributed by atoms with Gasteiger partial charge in [0.1, 0.15) is 0 Å². The first-order chi connectivity index (χ1) is 13.8. The fourth-order valence-corrected chi connectivity index (χ4v) is 3.38. The Kier molecular flexibility index (Phi) is 5.76. The topological polar surface area (TPSA) is 113 Å². The molecule has 2 amide bonds. The third-order valence-corrected chi connectivity index (χ3v) is 5.82. The first kappa shape index (κ1) is 20.2.